The number of halogens is 1. The van der Waals surface area contributed by atoms with Gasteiger partial charge in [0.05, 0.1) is 11.2 Å². The number of carbonyl (C=O) groups is 1. The molecule has 1 aromatic rings. The molecule has 0 aliphatic carbocycles. The van der Waals surface area contributed by atoms with Gasteiger partial charge in [0.1, 0.15) is 5.82 Å². The molecule has 0 aromatic heterocycles. The van der Waals surface area contributed by atoms with Gasteiger partial charge in [0.15, 0.2) is 0 Å². The SMILES string of the molecule is CC(=O)NCC(=Cc1ccc(F)cc1)B1OC(C)(C)C(C)(C)O1. The quantitative estimate of drug-likeness (QED) is 0.868. The summed E-state index contributed by atoms with van der Waals surface area (Å²) in [6, 6.07) is 6.14. The lowest BCUT2D eigenvalue weighted by atomic mass is 9.77. The maximum Gasteiger partial charge on any atom is 0.492 e. The van der Waals surface area contributed by atoms with Crippen molar-refractivity contribution in [2.45, 2.75) is 45.8 Å². The van der Waals surface area contributed by atoms with Gasteiger partial charge in [-0.15, -0.1) is 0 Å². The normalized spacial score (nSPS) is 19.7. The summed E-state index contributed by atoms with van der Waals surface area (Å²) >= 11 is 0. The van der Waals surface area contributed by atoms with Gasteiger partial charge in [-0.3, -0.25) is 4.79 Å². The zero-order valence-corrected chi connectivity index (χ0v) is 14.3. The van der Waals surface area contributed by atoms with Crippen molar-refractivity contribution in [3.05, 3.63) is 41.1 Å². The highest BCUT2D eigenvalue weighted by Crippen LogP contribution is 2.38. The third-order valence-electron chi connectivity index (χ3n) is 4.32. The van der Waals surface area contributed by atoms with Crippen molar-refractivity contribution < 1.29 is 18.5 Å². The molecule has 0 spiro atoms. The molecule has 1 N–H and O–H groups in total. The second kappa shape index (κ2) is 6.45. The number of nitrogens with one attached hydrogen (secondary N) is 1. The molecule has 1 aromatic carbocycles. The van der Waals surface area contributed by atoms with Gasteiger partial charge in [0, 0.05) is 13.5 Å². The molecule has 0 bridgehead atoms. The van der Waals surface area contributed by atoms with Gasteiger partial charge in [-0.25, -0.2) is 4.39 Å². The summed E-state index contributed by atoms with van der Waals surface area (Å²) in [6.07, 6.45) is 1.86. The zero-order valence-electron chi connectivity index (χ0n) is 14.3. The lowest BCUT2D eigenvalue weighted by molar-refractivity contribution is -0.118. The average Bonchev–Trinajstić information content (AvgIpc) is 2.65. The van der Waals surface area contributed by atoms with Crippen molar-refractivity contribution in [3.63, 3.8) is 0 Å². The molecule has 4 nitrogen and oxygen atoms in total. The van der Waals surface area contributed by atoms with Crippen LogP contribution in [0.25, 0.3) is 6.08 Å². The van der Waals surface area contributed by atoms with Crippen LogP contribution in [-0.2, 0) is 14.1 Å². The number of amides is 1. The van der Waals surface area contributed by atoms with Crippen molar-refractivity contribution in [2.75, 3.05) is 6.54 Å². The smallest absolute Gasteiger partial charge is 0.400 e. The molecule has 0 atom stereocenters. The second-order valence-corrected chi connectivity index (χ2v) is 6.77. The Morgan fingerprint density at radius 1 is 1.17 bits per heavy atom. The molecular weight excluding hydrogens is 296 g/mol. The molecule has 1 saturated heterocycles. The highest BCUT2D eigenvalue weighted by atomic mass is 19.1. The predicted molar refractivity (Wildman–Crippen MR) is 89.1 cm³/mol. The molecule has 1 aliphatic heterocycles. The Morgan fingerprint density at radius 2 is 1.70 bits per heavy atom. The third kappa shape index (κ3) is 4.21. The highest BCUT2D eigenvalue weighted by Gasteiger charge is 2.52. The van der Waals surface area contributed by atoms with Gasteiger partial charge < -0.3 is 14.6 Å². The van der Waals surface area contributed by atoms with Gasteiger partial charge in [-0.1, -0.05) is 18.2 Å². The molecule has 1 amide bonds. The van der Waals surface area contributed by atoms with E-state index in [4.69, 9.17) is 9.31 Å². The van der Waals surface area contributed by atoms with E-state index in [0.717, 1.165) is 11.0 Å². The summed E-state index contributed by atoms with van der Waals surface area (Å²) in [5, 5.41) is 2.77. The fourth-order valence-electron chi connectivity index (χ4n) is 2.20. The van der Waals surface area contributed by atoms with Crippen LogP contribution in [0.1, 0.15) is 40.2 Å². The first-order chi connectivity index (χ1) is 10.6. The Labute approximate surface area is 137 Å². The van der Waals surface area contributed by atoms with E-state index >= 15 is 0 Å². The maximum atomic E-state index is 13.1. The first kappa shape index (κ1) is 17.7. The van der Waals surface area contributed by atoms with E-state index in [1.807, 2.05) is 33.8 Å². The van der Waals surface area contributed by atoms with Crippen molar-refractivity contribution in [1.29, 1.82) is 0 Å². The molecule has 1 aliphatic rings. The van der Waals surface area contributed by atoms with Crippen LogP contribution >= 0.6 is 0 Å². The summed E-state index contributed by atoms with van der Waals surface area (Å²) in [7, 11) is -0.558. The fourth-order valence-corrected chi connectivity index (χ4v) is 2.20. The largest absolute Gasteiger partial charge is 0.492 e. The first-order valence-electron chi connectivity index (χ1n) is 7.67. The first-order valence-corrected chi connectivity index (χ1v) is 7.67. The Balaban J connectivity index is 2.28. The van der Waals surface area contributed by atoms with Gasteiger partial charge in [0.25, 0.3) is 0 Å². The molecule has 6 heteroatoms. The van der Waals surface area contributed by atoms with E-state index < -0.39 is 18.3 Å². The molecule has 1 heterocycles. The molecule has 0 saturated carbocycles. The molecule has 1 fully saturated rings. The Hall–Kier alpha value is -1.66. The molecule has 2 rings (SSSR count). The average molecular weight is 319 g/mol. The van der Waals surface area contributed by atoms with Crippen LogP contribution in [0, 0.1) is 5.82 Å². The van der Waals surface area contributed by atoms with E-state index in [0.29, 0.717) is 6.54 Å². The lowest BCUT2D eigenvalue weighted by Gasteiger charge is -2.32. The number of hydrogen-bond acceptors (Lipinski definition) is 3. The third-order valence-corrected chi connectivity index (χ3v) is 4.32. The van der Waals surface area contributed by atoms with Gasteiger partial charge in [-0.05, 0) is 50.9 Å². The van der Waals surface area contributed by atoms with Gasteiger partial charge in [-0.2, -0.15) is 0 Å². The zero-order chi connectivity index (χ0) is 17.3. The molecule has 124 valence electrons. The van der Waals surface area contributed by atoms with Crippen molar-refractivity contribution in [1.82, 2.24) is 5.32 Å². The summed E-state index contributed by atoms with van der Waals surface area (Å²) < 4.78 is 25.1. The molecule has 0 radical (unpaired) electrons. The van der Waals surface area contributed by atoms with E-state index in [2.05, 4.69) is 5.32 Å². The molecular formula is C17H23BFNO3. The second-order valence-electron chi connectivity index (χ2n) is 6.77. The van der Waals surface area contributed by atoms with E-state index in [1.165, 1.54) is 19.1 Å². The number of rotatable bonds is 4. The van der Waals surface area contributed by atoms with E-state index in [-0.39, 0.29) is 11.7 Å². The van der Waals surface area contributed by atoms with Gasteiger partial charge >= 0.3 is 7.12 Å². The number of carbonyl (C=O) groups excluding carboxylic acids is 1. The van der Waals surface area contributed by atoms with Crippen LogP contribution < -0.4 is 5.32 Å². The summed E-state index contributed by atoms with van der Waals surface area (Å²) in [4.78, 5) is 11.2. The Morgan fingerprint density at radius 3 is 2.17 bits per heavy atom. The maximum absolute atomic E-state index is 13.1. The van der Waals surface area contributed by atoms with E-state index in [1.54, 1.807) is 12.1 Å². The minimum atomic E-state index is -0.558. The molecule has 23 heavy (non-hydrogen) atoms. The topological polar surface area (TPSA) is 47.6 Å². The predicted octanol–water partition coefficient (Wildman–Crippen LogP) is 2.98. The van der Waals surface area contributed by atoms with E-state index in [9.17, 15) is 9.18 Å². The minimum absolute atomic E-state index is 0.133. The van der Waals surface area contributed by atoms with Crippen LogP contribution in [-0.4, -0.2) is 30.8 Å². The summed E-state index contributed by atoms with van der Waals surface area (Å²) in [5.74, 6) is -0.423. The van der Waals surface area contributed by atoms with Crippen molar-refractivity contribution in [2.24, 2.45) is 0 Å². The summed E-state index contributed by atoms with van der Waals surface area (Å²) in [6.45, 7) is 9.66. The van der Waals surface area contributed by atoms with Crippen LogP contribution in [0.2, 0.25) is 0 Å². The Kier molecular flexibility index (Phi) is 4.97. The number of hydrogen-bond donors (Lipinski definition) is 1. The Bertz CT molecular complexity index is 595. The standard InChI is InChI=1S/C17H23BFNO3/c1-12(21)20-11-14(10-13-6-8-15(19)9-7-13)18-22-16(2,3)17(4,5)23-18/h6-10H,11H2,1-5H3,(H,20,21). The van der Waals surface area contributed by atoms with Crippen molar-refractivity contribution >= 4 is 19.1 Å². The molecule has 0 unspecified atom stereocenters. The number of benzene rings is 1. The van der Waals surface area contributed by atoms with Crippen molar-refractivity contribution in [3.8, 4) is 0 Å². The van der Waals surface area contributed by atoms with Crippen LogP contribution in [0.5, 0.6) is 0 Å². The van der Waals surface area contributed by atoms with Crippen LogP contribution in [0.15, 0.2) is 29.7 Å². The summed E-state index contributed by atoms with van der Waals surface area (Å²) in [5.41, 5.74) is 0.679. The fraction of sp³-hybridized carbons (Fsp3) is 0.471. The highest BCUT2D eigenvalue weighted by molar-refractivity contribution is 6.56. The minimum Gasteiger partial charge on any atom is -0.400 e. The van der Waals surface area contributed by atoms with Crippen LogP contribution in [0.3, 0.4) is 0 Å². The monoisotopic (exact) mass is 319 g/mol. The lowest BCUT2D eigenvalue weighted by Crippen LogP contribution is -2.41. The van der Waals surface area contributed by atoms with Crippen LogP contribution in [0.4, 0.5) is 4.39 Å². The van der Waals surface area contributed by atoms with Gasteiger partial charge in [0.2, 0.25) is 5.91 Å².